The number of hydrogen-bond donors (Lipinski definition) is 0. The lowest BCUT2D eigenvalue weighted by atomic mass is 10.2. The van der Waals surface area contributed by atoms with Crippen LogP contribution in [0.15, 0.2) is 12.3 Å². The Bertz CT molecular complexity index is 803. The number of hydrogen-bond acceptors (Lipinski definition) is 5. The van der Waals surface area contributed by atoms with Gasteiger partial charge in [0.05, 0.1) is 13.7 Å². The number of fused-ring (bicyclic) bond motifs is 1. The summed E-state index contributed by atoms with van der Waals surface area (Å²) < 4.78 is 44.4. The molecular formula is C18H26F2N2O4Si. The first-order valence-corrected chi connectivity index (χ1v) is 12.5. The Morgan fingerprint density at radius 3 is 2.59 bits per heavy atom. The fraction of sp³-hybridized carbons (Fsp3) is 0.556. The first kappa shape index (κ1) is 21.3. The lowest BCUT2D eigenvalue weighted by Gasteiger charge is -2.17. The lowest BCUT2D eigenvalue weighted by Crippen LogP contribution is -2.22. The van der Waals surface area contributed by atoms with Crippen molar-refractivity contribution in [1.29, 1.82) is 0 Å². The van der Waals surface area contributed by atoms with Crippen molar-refractivity contribution in [2.75, 3.05) is 20.3 Å². The Morgan fingerprint density at radius 1 is 1.33 bits per heavy atom. The van der Waals surface area contributed by atoms with E-state index in [9.17, 15) is 13.6 Å². The molecule has 2 heterocycles. The quantitative estimate of drug-likeness (QED) is 0.353. The minimum atomic E-state index is -2.73. The number of alkyl halides is 2. The van der Waals surface area contributed by atoms with Gasteiger partial charge in [-0.15, -0.1) is 0 Å². The molecule has 0 fully saturated rings. The second-order valence-corrected chi connectivity index (χ2v) is 12.9. The Kier molecular flexibility index (Phi) is 6.93. The van der Waals surface area contributed by atoms with Crippen molar-refractivity contribution < 1.29 is 27.8 Å². The number of esters is 1. The van der Waals surface area contributed by atoms with Crippen LogP contribution in [0.4, 0.5) is 8.78 Å². The van der Waals surface area contributed by atoms with Crippen molar-refractivity contribution >= 4 is 24.9 Å². The van der Waals surface area contributed by atoms with E-state index in [2.05, 4.69) is 24.6 Å². The van der Waals surface area contributed by atoms with Gasteiger partial charge in [0.2, 0.25) is 5.88 Å². The molecule has 0 aliphatic carbocycles. The molecule has 0 bridgehead atoms. The third kappa shape index (κ3) is 5.04. The van der Waals surface area contributed by atoms with Gasteiger partial charge in [0.25, 0.3) is 6.43 Å². The second kappa shape index (κ2) is 8.79. The van der Waals surface area contributed by atoms with Gasteiger partial charge >= 0.3 is 5.97 Å². The van der Waals surface area contributed by atoms with Crippen LogP contribution in [-0.4, -0.2) is 43.9 Å². The predicted octanol–water partition coefficient (Wildman–Crippen LogP) is 4.47. The number of rotatable bonds is 9. The lowest BCUT2D eigenvalue weighted by molar-refractivity contribution is 0.0477. The molecule has 0 saturated heterocycles. The smallest absolute Gasteiger partial charge is 0.355 e. The van der Waals surface area contributed by atoms with Gasteiger partial charge in [-0.05, 0) is 19.0 Å². The number of carbonyl (C=O) groups is 1. The van der Waals surface area contributed by atoms with Crippen molar-refractivity contribution in [3.05, 3.63) is 23.5 Å². The van der Waals surface area contributed by atoms with Crippen LogP contribution >= 0.6 is 0 Å². The third-order valence-electron chi connectivity index (χ3n) is 4.06. The van der Waals surface area contributed by atoms with Crippen LogP contribution in [0.5, 0.6) is 5.88 Å². The van der Waals surface area contributed by atoms with Crippen molar-refractivity contribution in [3.8, 4) is 5.88 Å². The summed E-state index contributed by atoms with van der Waals surface area (Å²) in [4.78, 5) is 16.3. The second-order valence-electron chi connectivity index (χ2n) is 7.31. The van der Waals surface area contributed by atoms with Gasteiger partial charge in [0.15, 0.2) is 0 Å². The van der Waals surface area contributed by atoms with Gasteiger partial charge in [-0.3, -0.25) is 0 Å². The van der Waals surface area contributed by atoms with Crippen molar-refractivity contribution in [2.24, 2.45) is 0 Å². The molecule has 150 valence electrons. The Labute approximate surface area is 158 Å². The number of carbonyl (C=O) groups excluding carboxylic acids is 1. The first-order valence-electron chi connectivity index (χ1n) is 8.78. The van der Waals surface area contributed by atoms with Gasteiger partial charge in [0.1, 0.15) is 17.9 Å². The molecule has 0 atom stereocenters. The van der Waals surface area contributed by atoms with E-state index in [4.69, 9.17) is 14.2 Å². The maximum Gasteiger partial charge on any atom is 0.355 e. The summed E-state index contributed by atoms with van der Waals surface area (Å²) in [5.41, 5.74) is 0.164. The number of pyridine rings is 1. The van der Waals surface area contributed by atoms with E-state index in [0.29, 0.717) is 12.1 Å². The molecule has 2 rings (SSSR count). The van der Waals surface area contributed by atoms with E-state index < -0.39 is 20.5 Å². The number of aromatic nitrogens is 2. The summed E-state index contributed by atoms with van der Waals surface area (Å²) in [5, 5.41) is 0.202. The van der Waals surface area contributed by atoms with Crippen LogP contribution in [0.25, 0.3) is 10.9 Å². The van der Waals surface area contributed by atoms with E-state index in [1.54, 1.807) is 6.92 Å². The molecule has 27 heavy (non-hydrogen) atoms. The molecule has 0 radical (unpaired) electrons. The van der Waals surface area contributed by atoms with E-state index in [1.807, 2.05) is 0 Å². The summed E-state index contributed by atoms with van der Waals surface area (Å²) >= 11 is 0. The molecule has 0 unspecified atom stereocenters. The summed E-state index contributed by atoms with van der Waals surface area (Å²) in [6.45, 7) is 9.08. The maximum absolute atomic E-state index is 13.4. The van der Waals surface area contributed by atoms with Crippen LogP contribution in [0, 0.1) is 0 Å². The van der Waals surface area contributed by atoms with Gasteiger partial charge in [-0.25, -0.2) is 18.6 Å². The van der Waals surface area contributed by atoms with Gasteiger partial charge < -0.3 is 18.8 Å². The Balaban J connectivity index is 2.50. The molecule has 0 saturated carbocycles. The third-order valence-corrected chi connectivity index (χ3v) is 5.77. The van der Waals surface area contributed by atoms with Gasteiger partial charge in [-0.1, -0.05) is 19.6 Å². The molecule has 0 N–H and O–H groups in total. The molecule has 0 aliphatic rings. The average Bonchev–Trinajstić information content (AvgIpc) is 2.96. The summed E-state index contributed by atoms with van der Waals surface area (Å²) in [6.07, 6.45) is -1.67. The monoisotopic (exact) mass is 400 g/mol. The number of halogens is 2. The zero-order valence-corrected chi connectivity index (χ0v) is 17.3. The van der Waals surface area contributed by atoms with Gasteiger partial charge in [-0.2, -0.15) is 0 Å². The predicted molar refractivity (Wildman–Crippen MR) is 101 cm³/mol. The van der Waals surface area contributed by atoms with E-state index >= 15 is 0 Å². The summed E-state index contributed by atoms with van der Waals surface area (Å²) in [5.74, 6) is -0.455. The highest BCUT2D eigenvalue weighted by Crippen LogP contribution is 2.34. The Hall–Kier alpha value is -2.00. The zero-order chi connectivity index (χ0) is 20.2. The van der Waals surface area contributed by atoms with Gasteiger partial charge in [0, 0.05) is 31.8 Å². The van der Waals surface area contributed by atoms with Crippen molar-refractivity contribution in [1.82, 2.24) is 9.55 Å². The molecule has 0 spiro atoms. The van der Waals surface area contributed by atoms with Crippen LogP contribution in [-0.2, 0) is 16.2 Å². The van der Waals surface area contributed by atoms with Crippen LogP contribution in [0.2, 0.25) is 25.7 Å². The van der Waals surface area contributed by atoms with E-state index in [-0.39, 0.29) is 35.9 Å². The molecule has 6 nitrogen and oxygen atoms in total. The molecule has 0 amide bonds. The highest BCUT2D eigenvalue weighted by atomic mass is 28.3. The molecule has 0 aliphatic heterocycles. The summed E-state index contributed by atoms with van der Waals surface area (Å²) in [7, 11) is 0.115. The minimum Gasteiger partial charge on any atom is -0.479 e. The minimum absolute atomic E-state index is 0.0207. The highest BCUT2D eigenvalue weighted by Gasteiger charge is 2.25. The largest absolute Gasteiger partial charge is 0.479 e. The fourth-order valence-corrected chi connectivity index (χ4v) is 3.38. The molecule has 9 heteroatoms. The van der Waals surface area contributed by atoms with Crippen LogP contribution < -0.4 is 4.74 Å². The standard InChI is InChI=1S/C18H26F2N2O4Si/c1-6-26-18(23)14-9-12-13(16(19)20)10-21-17(24-2)15(12)22(14)11-25-7-8-27(3,4)5/h9-10,16H,6-8,11H2,1-5H3. The number of methoxy groups -OCH3 is 1. The normalized spacial score (nSPS) is 12.0. The number of ether oxygens (including phenoxy) is 3. The Morgan fingerprint density at radius 2 is 2.04 bits per heavy atom. The zero-order valence-electron chi connectivity index (χ0n) is 16.3. The molecule has 0 aromatic carbocycles. The number of nitrogens with zero attached hydrogens (tertiary/aromatic N) is 2. The molecule has 2 aromatic rings. The average molecular weight is 400 g/mol. The van der Waals surface area contributed by atoms with Crippen molar-refractivity contribution in [2.45, 2.75) is 45.8 Å². The van der Waals surface area contributed by atoms with E-state index in [0.717, 1.165) is 12.2 Å². The highest BCUT2D eigenvalue weighted by molar-refractivity contribution is 6.76. The molecular weight excluding hydrogens is 374 g/mol. The van der Waals surface area contributed by atoms with Crippen molar-refractivity contribution in [3.63, 3.8) is 0 Å². The SMILES string of the molecule is CCOC(=O)c1cc2c(C(F)F)cnc(OC)c2n1COCC[Si](C)(C)C. The van der Waals surface area contributed by atoms with Crippen LogP contribution in [0.1, 0.15) is 29.4 Å². The summed E-state index contributed by atoms with van der Waals surface area (Å²) in [6, 6.07) is 2.33. The molecule has 2 aromatic heterocycles. The topological polar surface area (TPSA) is 62.6 Å². The fourth-order valence-electron chi connectivity index (χ4n) is 2.62. The maximum atomic E-state index is 13.4. The van der Waals surface area contributed by atoms with Crippen LogP contribution in [0.3, 0.4) is 0 Å². The van der Waals surface area contributed by atoms with E-state index in [1.165, 1.54) is 17.7 Å². The first-order chi connectivity index (χ1) is 12.7.